The van der Waals surface area contributed by atoms with Gasteiger partial charge in [0.15, 0.2) is 11.2 Å². The van der Waals surface area contributed by atoms with Gasteiger partial charge in [-0.05, 0) is 0 Å². The van der Waals surface area contributed by atoms with E-state index >= 15 is 0 Å². The summed E-state index contributed by atoms with van der Waals surface area (Å²) in [7, 11) is -2.97. The summed E-state index contributed by atoms with van der Waals surface area (Å²) in [5, 5.41) is 2.44. The number of aromatic nitrogens is 2. The predicted molar refractivity (Wildman–Crippen MR) is 68.9 cm³/mol. The SMILES string of the molecule is CS(=O)(=O)CCSc1nc2sccn2c1C=O. The normalized spacial score (nSPS) is 12.1. The van der Waals surface area contributed by atoms with E-state index in [1.807, 2.05) is 5.38 Å². The molecule has 2 heterocycles. The number of hydrogen-bond donors (Lipinski definition) is 0. The molecular weight excluding hydrogens is 280 g/mol. The minimum Gasteiger partial charge on any atom is -0.296 e. The number of thioether (sulfide) groups is 1. The van der Waals surface area contributed by atoms with Crippen LogP contribution in [-0.2, 0) is 9.84 Å². The first kappa shape index (κ1) is 12.6. The van der Waals surface area contributed by atoms with Crippen molar-refractivity contribution in [2.45, 2.75) is 5.03 Å². The Hall–Kier alpha value is -0.860. The Kier molecular flexibility index (Phi) is 3.55. The molecule has 0 saturated heterocycles. The highest BCUT2D eigenvalue weighted by Gasteiger charge is 2.13. The van der Waals surface area contributed by atoms with Crippen LogP contribution in [-0.4, -0.2) is 41.9 Å². The van der Waals surface area contributed by atoms with Crippen molar-refractivity contribution in [3.8, 4) is 0 Å². The molecule has 0 aliphatic heterocycles. The lowest BCUT2D eigenvalue weighted by molar-refractivity contribution is 0.111. The third-order valence-corrected chi connectivity index (χ3v) is 5.01. The monoisotopic (exact) mass is 290 g/mol. The number of hydrogen-bond acceptors (Lipinski definition) is 6. The number of carbonyl (C=O) groups excluding carboxylic acids is 1. The molecular formula is C9H10N2O3S3. The zero-order valence-corrected chi connectivity index (χ0v) is 11.4. The minimum atomic E-state index is -2.97. The molecule has 0 spiro atoms. The van der Waals surface area contributed by atoms with Crippen LogP contribution in [0.25, 0.3) is 4.96 Å². The average molecular weight is 290 g/mol. The Morgan fingerprint density at radius 3 is 3.00 bits per heavy atom. The molecule has 92 valence electrons. The third kappa shape index (κ3) is 2.88. The van der Waals surface area contributed by atoms with Crippen molar-refractivity contribution in [3.05, 3.63) is 17.3 Å². The van der Waals surface area contributed by atoms with Crippen molar-refractivity contribution in [3.63, 3.8) is 0 Å². The Balaban J connectivity index is 2.18. The smallest absolute Gasteiger partial charge is 0.195 e. The Morgan fingerprint density at radius 1 is 1.59 bits per heavy atom. The summed E-state index contributed by atoms with van der Waals surface area (Å²) in [6.07, 6.45) is 3.72. The van der Waals surface area contributed by atoms with Gasteiger partial charge in [0.25, 0.3) is 0 Å². The van der Waals surface area contributed by atoms with E-state index in [9.17, 15) is 13.2 Å². The van der Waals surface area contributed by atoms with E-state index in [1.54, 1.807) is 10.6 Å². The second kappa shape index (κ2) is 4.79. The second-order valence-electron chi connectivity index (χ2n) is 3.45. The average Bonchev–Trinajstić information content (AvgIpc) is 2.75. The van der Waals surface area contributed by atoms with Crippen LogP contribution in [0.5, 0.6) is 0 Å². The summed E-state index contributed by atoms with van der Waals surface area (Å²) in [6, 6.07) is 0. The van der Waals surface area contributed by atoms with Gasteiger partial charge in [-0.25, -0.2) is 13.4 Å². The highest BCUT2D eigenvalue weighted by Crippen LogP contribution is 2.24. The molecule has 0 unspecified atom stereocenters. The van der Waals surface area contributed by atoms with Crippen LogP contribution in [0.3, 0.4) is 0 Å². The number of fused-ring (bicyclic) bond motifs is 1. The fraction of sp³-hybridized carbons (Fsp3) is 0.333. The molecule has 2 aromatic rings. The Bertz CT molecular complexity index is 642. The van der Waals surface area contributed by atoms with Crippen LogP contribution >= 0.6 is 23.1 Å². The van der Waals surface area contributed by atoms with Gasteiger partial charge in [0.05, 0.1) is 5.75 Å². The fourth-order valence-corrected chi connectivity index (χ4v) is 4.25. The summed E-state index contributed by atoms with van der Waals surface area (Å²) >= 11 is 2.73. The molecule has 0 N–H and O–H groups in total. The zero-order valence-electron chi connectivity index (χ0n) is 8.99. The van der Waals surface area contributed by atoms with E-state index in [0.29, 0.717) is 16.5 Å². The molecule has 0 fully saturated rings. The van der Waals surface area contributed by atoms with Crippen molar-refractivity contribution < 1.29 is 13.2 Å². The van der Waals surface area contributed by atoms with Crippen LogP contribution in [0, 0.1) is 0 Å². The number of aldehydes is 1. The van der Waals surface area contributed by atoms with E-state index in [2.05, 4.69) is 4.98 Å². The summed E-state index contributed by atoms with van der Waals surface area (Å²) < 4.78 is 23.7. The molecule has 0 atom stereocenters. The maximum atomic E-state index is 11.0. The van der Waals surface area contributed by atoms with E-state index in [0.717, 1.165) is 11.2 Å². The van der Waals surface area contributed by atoms with E-state index in [4.69, 9.17) is 0 Å². The number of nitrogens with zero attached hydrogens (tertiary/aromatic N) is 2. The lowest BCUT2D eigenvalue weighted by Crippen LogP contribution is -2.05. The van der Waals surface area contributed by atoms with Crippen molar-refractivity contribution in [2.24, 2.45) is 0 Å². The van der Waals surface area contributed by atoms with E-state index < -0.39 is 9.84 Å². The van der Waals surface area contributed by atoms with Crippen LogP contribution < -0.4 is 0 Å². The van der Waals surface area contributed by atoms with Crippen LogP contribution in [0.15, 0.2) is 16.6 Å². The van der Waals surface area contributed by atoms with Crippen molar-refractivity contribution in [1.82, 2.24) is 9.38 Å². The predicted octanol–water partition coefficient (Wildman–Crippen LogP) is 1.35. The molecule has 17 heavy (non-hydrogen) atoms. The number of rotatable bonds is 5. The summed E-state index contributed by atoms with van der Waals surface area (Å²) in [6.45, 7) is 0. The molecule has 0 aliphatic carbocycles. The molecule has 0 aromatic carbocycles. The molecule has 8 heteroatoms. The third-order valence-electron chi connectivity index (χ3n) is 2.07. The number of thiazole rings is 1. The van der Waals surface area contributed by atoms with E-state index in [1.165, 1.54) is 29.4 Å². The quantitative estimate of drug-likeness (QED) is 0.614. The number of imidazole rings is 1. The molecule has 0 radical (unpaired) electrons. The lowest BCUT2D eigenvalue weighted by atomic mass is 10.5. The standard InChI is InChI=1S/C9H10N2O3S3/c1-17(13,14)5-4-15-8-7(6-12)11-2-3-16-9(11)10-8/h2-3,6H,4-5H2,1H3. The van der Waals surface area contributed by atoms with Crippen molar-refractivity contribution in [2.75, 3.05) is 17.8 Å². The molecule has 0 aliphatic rings. The molecule has 5 nitrogen and oxygen atoms in total. The summed E-state index contributed by atoms with van der Waals surface area (Å²) in [4.78, 5) is 16.0. The topological polar surface area (TPSA) is 68.5 Å². The Labute approximate surface area is 107 Å². The summed E-state index contributed by atoms with van der Waals surface area (Å²) in [5.41, 5.74) is 0.486. The van der Waals surface area contributed by atoms with E-state index in [-0.39, 0.29) is 5.75 Å². The molecule has 0 bridgehead atoms. The largest absolute Gasteiger partial charge is 0.296 e. The minimum absolute atomic E-state index is 0.0845. The van der Waals surface area contributed by atoms with Gasteiger partial charge >= 0.3 is 0 Å². The first-order valence-corrected chi connectivity index (χ1v) is 8.65. The molecule has 0 saturated carbocycles. The number of sulfone groups is 1. The van der Waals surface area contributed by atoms with Gasteiger partial charge in [-0.2, -0.15) is 0 Å². The van der Waals surface area contributed by atoms with Gasteiger partial charge in [-0.1, -0.05) is 0 Å². The van der Waals surface area contributed by atoms with Gasteiger partial charge < -0.3 is 0 Å². The molecule has 2 aromatic heterocycles. The highest BCUT2D eigenvalue weighted by molar-refractivity contribution is 8.00. The maximum absolute atomic E-state index is 11.0. The second-order valence-corrected chi connectivity index (χ2v) is 7.67. The van der Waals surface area contributed by atoms with Crippen LogP contribution in [0.1, 0.15) is 10.5 Å². The van der Waals surface area contributed by atoms with Gasteiger partial charge in [0.1, 0.15) is 20.6 Å². The van der Waals surface area contributed by atoms with Gasteiger partial charge in [-0.3, -0.25) is 9.20 Å². The van der Waals surface area contributed by atoms with Gasteiger partial charge in [-0.15, -0.1) is 23.1 Å². The van der Waals surface area contributed by atoms with Gasteiger partial charge in [0.2, 0.25) is 0 Å². The van der Waals surface area contributed by atoms with Crippen molar-refractivity contribution >= 4 is 44.2 Å². The fourth-order valence-electron chi connectivity index (χ4n) is 1.29. The summed E-state index contributed by atoms with van der Waals surface area (Å²) in [5.74, 6) is 0.492. The lowest BCUT2D eigenvalue weighted by Gasteiger charge is -1.97. The molecule has 0 amide bonds. The zero-order chi connectivity index (χ0) is 12.5. The van der Waals surface area contributed by atoms with Crippen molar-refractivity contribution in [1.29, 1.82) is 0 Å². The van der Waals surface area contributed by atoms with Gasteiger partial charge in [0, 0.05) is 23.6 Å². The van der Waals surface area contributed by atoms with Crippen LogP contribution in [0.4, 0.5) is 0 Å². The first-order chi connectivity index (χ1) is 8.01. The maximum Gasteiger partial charge on any atom is 0.195 e. The highest BCUT2D eigenvalue weighted by atomic mass is 32.2. The van der Waals surface area contributed by atoms with Crippen LogP contribution in [0.2, 0.25) is 0 Å². The Morgan fingerprint density at radius 2 is 2.35 bits per heavy atom. The number of carbonyl (C=O) groups is 1. The first-order valence-electron chi connectivity index (χ1n) is 4.72. The molecule has 2 rings (SSSR count).